The Morgan fingerprint density at radius 3 is 2.65 bits per heavy atom. The van der Waals surface area contributed by atoms with Gasteiger partial charge in [-0.05, 0) is 31.2 Å². The van der Waals surface area contributed by atoms with Crippen LogP contribution >= 0.6 is 27.7 Å². The molecule has 1 aliphatic rings. The molecule has 2 rings (SSSR count). The summed E-state index contributed by atoms with van der Waals surface area (Å²) in [7, 11) is 0. The first-order chi connectivity index (χ1) is 8.09. The second kappa shape index (κ2) is 5.44. The van der Waals surface area contributed by atoms with Gasteiger partial charge in [-0.1, -0.05) is 22.9 Å². The molecule has 0 N–H and O–H groups in total. The summed E-state index contributed by atoms with van der Waals surface area (Å²) in [6.07, 6.45) is 0. The van der Waals surface area contributed by atoms with E-state index in [1.807, 2.05) is 40.9 Å². The van der Waals surface area contributed by atoms with Crippen LogP contribution in [0.2, 0.25) is 0 Å². The Bertz CT molecular complexity index is 406. The van der Waals surface area contributed by atoms with Gasteiger partial charge in [0, 0.05) is 33.6 Å². The molecule has 1 aromatic carbocycles. The number of amides is 1. The lowest BCUT2D eigenvalue weighted by Gasteiger charge is -2.37. The molecule has 17 heavy (non-hydrogen) atoms. The molecule has 0 bridgehead atoms. The largest absolute Gasteiger partial charge is 0.334 e. The highest BCUT2D eigenvalue weighted by Crippen LogP contribution is 2.25. The topological polar surface area (TPSA) is 20.3 Å². The van der Waals surface area contributed by atoms with E-state index in [-0.39, 0.29) is 5.91 Å². The summed E-state index contributed by atoms with van der Waals surface area (Å²) >= 11 is 5.33. The van der Waals surface area contributed by atoms with Gasteiger partial charge in [0.05, 0.1) is 0 Å². The lowest BCUT2D eigenvalue weighted by molar-refractivity contribution is 0.0698. The molecule has 0 aromatic heterocycles. The maximum absolute atomic E-state index is 12.4. The third-order valence-corrected chi connectivity index (χ3v) is 5.10. The van der Waals surface area contributed by atoms with Crippen LogP contribution in [0, 0.1) is 0 Å². The molecule has 4 heteroatoms. The van der Waals surface area contributed by atoms with E-state index in [9.17, 15) is 4.79 Å². The van der Waals surface area contributed by atoms with Crippen molar-refractivity contribution < 1.29 is 4.79 Å². The molecule has 2 unspecified atom stereocenters. The number of rotatable bonds is 1. The Morgan fingerprint density at radius 1 is 1.35 bits per heavy atom. The highest BCUT2D eigenvalue weighted by atomic mass is 79.9. The standard InChI is InChI=1S/C13H16BrNOS/c1-9-10(2)17-8-7-15(9)13(16)11-3-5-12(14)6-4-11/h3-6,9-10H,7-8H2,1-2H3. The number of thioether (sulfide) groups is 1. The Balaban J connectivity index is 2.16. The molecule has 0 radical (unpaired) electrons. The first-order valence-electron chi connectivity index (χ1n) is 5.77. The fourth-order valence-electron chi connectivity index (χ4n) is 1.98. The molecule has 0 aliphatic carbocycles. The van der Waals surface area contributed by atoms with E-state index >= 15 is 0 Å². The average molecular weight is 314 g/mol. The smallest absolute Gasteiger partial charge is 0.254 e. The zero-order chi connectivity index (χ0) is 12.4. The van der Waals surface area contributed by atoms with Crippen molar-refractivity contribution >= 4 is 33.6 Å². The maximum Gasteiger partial charge on any atom is 0.254 e. The van der Waals surface area contributed by atoms with Crippen LogP contribution in [-0.4, -0.2) is 34.4 Å². The minimum absolute atomic E-state index is 0.150. The predicted octanol–water partition coefficient (Wildman–Crippen LogP) is 3.42. The quantitative estimate of drug-likeness (QED) is 0.792. The van der Waals surface area contributed by atoms with Crippen molar-refractivity contribution in [2.24, 2.45) is 0 Å². The first kappa shape index (κ1) is 13.0. The highest BCUT2D eigenvalue weighted by molar-refractivity contribution is 9.10. The van der Waals surface area contributed by atoms with Gasteiger partial charge < -0.3 is 4.90 Å². The van der Waals surface area contributed by atoms with Crippen molar-refractivity contribution in [1.29, 1.82) is 0 Å². The minimum Gasteiger partial charge on any atom is -0.334 e. The van der Waals surface area contributed by atoms with Crippen molar-refractivity contribution in [3.8, 4) is 0 Å². The van der Waals surface area contributed by atoms with E-state index in [1.54, 1.807) is 0 Å². The Morgan fingerprint density at radius 2 is 2.00 bits per heavy atom. The van der Waals surface area contributed by atoms with Gasteiger partial charge in [0.1, 0.15) is 0 Å². The number of carbonyl (C=O) groups excluding carboxylic acids is 1. The lowest BCUT2D eigenvalue weighted by atomic mass is 10.1. The van der Waals surface area contributed by atoms with Crippen molar-refractivity contribution in [2.45, 2.75) is 25.1 Å². The van der Waals surface area contributed by atoms with Crippen molar-refractivity contribution in [3.63, 3.8) is 0 Å². The molecule has 2 atom stereocenters. The third-order valence-electron chi connectivity index (χ3n) is 3.24. The maximum atomic E-state index is 12.4. The molecule has 2 nitrogen and oxygen atoms in total. The normalized spacial score (nSPS) is 24.8. The van der Waals surface area contributed by atoms with E-state index in [2.05, 4.69) is 29.8 Å². The summed E-state index contributed by atoms with van der Waals surface area (Å²) in [6, 6.07) is 7.90. The van der Waals surface area contributed by atoms with Gasteiger partial charge in [0.2, 0.25) is 0 Å². The molecular weight excluding hydrogens is 298 g/mol. The molecule has 0 saturated carbocycles. The van der Waals surface area contributed by atoms with Crippen molar-refractivity contribution in [1.82, 2.24) is 4.90 Å². The highest BCUT2D eigenvalue weighted by Gasteiger charge is 2.29. The summed E-state index contributed by atoms with van der Waals surface area (Å²) in [5, 5.41) is 0.517. The van der Waals surface area contributed by atoms with Crippen LogP contribution in [0.4, 0.5) is 0 Å². The molecule has 92 valence electrons. The van der Waals surface area contributed by atoms with Gasteiger partial charge >= 0.3 is 0 Å². The van der Waals surface area contributed by atoms with Crippen LogP contribution in [0.3, 0.4) is 0 Å². The molecule has 1 saturated heterocycles. The monoisotopic (exact) mass is 313 g/mol. The zero-order valence-corrected chi connectivity index (χ0v) is 12.4. The van der Waals surface area contributed by atoms with Crippen LogP contribution in [0.5, 0.6) is 0 Å². The molecule has 1 fully saturated rings. The Kier molecular flexibility index (Phi) is 4.15. The van der Waals surface area contributed by atoms with Gasteiger partial charge in [-0.15, -0.1) is 0 Å². The van der Waals surface area contributed by atoms with Crippen molar-refractivity contribution in [3.05, 3.63) is 34.3 Å². The van der Waals surface area contributed by atoms with Gasteiger partial charge in [0.25, 0.3) is 5.91 Å². The van der Waals surface area contributed by atoms with Crippen LogP contribution in [0.1, 0.15) is 24.2 Å². The van der Waals surface area contributed by atoms with E-state index in [0.29, 0.717) is 11.3 Å². The van der Waals surface area contributed by atoms with Crippen LogP contribution in [0.25, 0.3) is 0 Å². The van der Waals surface area contributed by atoms with E-state index in [1.165, 1.54) is 0 Å². The summed E-state index contributed by atoms with van der Waals surface area (Å²) in [6.45, 7) is 5.18. The molecular formula is C13H16BrNOS. The molecule has 1 amide bonds. The second-order valence-corrected chi connectivity index (χ2v) is 6.72. The first-order valence-corrected chi connectivity index (χ1v) is 7.62. The summed E-state index contributed by atoms with van der Waals surface area (Å²) in [5.41, 5.74) is 0.777. The second-order valence-electron chi connectivity index (χ2n) is 4.32. The van der Waals surface area contributed by atoms with Gasteiger partial charge in [-0.25, -0.2) is 0 Å². The number of hydrogen-bond donors (Lipinski definition) is 0. The fraction of sp³-hybridized carbons (Fsp3) is 0.462. The molecule has 1 heterocycles. The number of nitrogens with zero attached hydrogens (tertiary/aromatic N) is 1. The Labute approximate surface area is 115 Å². The zero-order valence-electron chi connectivity index (χ0n) is 10.0. The lowest BCUT2D eigenvalue weighted by Crippen LogP contribution is -2.47. The van der Waals surface area contributed by atoms with Crippen LogP contribution < -0.4 is 0 Å². The van der Waals surface area contributed by atoms with Crippen molar-refractivity contribution in [2.75, 3.05) is 12.3 Å². The number of carbonyl (C=O) groups is 1. The van der Waals surface area contributed by atoms with Crippen LogP contribution in [0.15, 0.2) is 28.7 Å². The predicted molar refractivity (Wildman–Crippen MR) is 76.6 cm³/mol. The fourth-order valence-corrected chi connectivity index (χ4v) is 3.34. The molecule has 1 aliphatic heterocycles. The van der Waals surface area contributed by atoms with E-state index in [4.69, 9.17) is 0 Å². The van der Waals surface area contributed by atoms with E-state index < -0.39 is 0 Å². The number of halogens is 1. The number of hydrogen-bond acceptors (Lipinski definition) is 2. The van der Waals surface area contributed by atoms with Gasteiger partial charge in [-0.3, -0.25) is 4.79 Å². The molecule has 0 spiro atoms. The van der Waals surface area contributed by atoms with Gasteiger partial charge in [0.15, 0.2) is 0 Å². The van der Waals surface area contributed by atoms with E-state index in [0.717, 1.165) is 22.3 Å². The third kappa shape index (κ3) is 2.86. The summed E-state index contributed by atoms with van der Waals surface area (Å²) in [5.74, 6) is 1.19. The van der Waals surface area contributed by atoms with Crippen LogP contribution in [-0.2, 0) is 0 Å². The molecule has 1 aromatic rings. The Hall–Kier alpha value is -0.480. The SMILES string of the molecule is CC1SCCN(C(=O)c2ccc(Br)cc2)C1C. The number of benzene rings is 1. The summed E-state index contributed by atoms with van der Waals surface area (Å²) in [4.78, 5) is 14.4. The van der Waals surface area contributed by atoms with Gasteiger partial charge in [-0.2, -0.15) is 11.8 Å². The summed E-state index contributed by atoms with van der Waals surface area (Å²) < 4.78 is 1.00. The minimum atomic E-state index is 0.150. The average Bonchev–Trinajstić information content (AvgIpc) is 2.33.